The SMILES string of the molecule is CC(=O)c1cncn1COCC[Si](C)(C)C. The number of carbonyl (C=O) groups is 1. The number of hydrogen-bond donors (Lipinski definition) is 0. The second-order valence-corrected chi connectivity index (χ2v) is 10.8. The molecular weight excluding hydrogens is 220 g/mol. The van der Waals surface area contributed by atoms with Gasteiger partial charge in [-0.1, -0.05) is 19.6 Å². The molecule has 0 atom stereocenters. The number of nitrogens with zero attached hydrogens (tertiary/aromatic N) is 2. The minimum Gasteiger partial charge on any atom is -0.361 e. The van der Waals surface area contributed by atoms with Crippen molar-refractivity contribution in [2.24, 2.45) is 0 Å². The highest BCUT2D eigenvalue weighted by Gasteiger charge is 2.12. The lowest BCUT2D eigenvalue weighted by Gasteiger charge is -2.15. The van der Waals surface area contributed by atoms with Crippen LogP contribution in [0.3, 0.4) is 0 Å². The van der Waals surface area contributed by atoms with Crippen LogP contribution in [-0.4, -0.2) is 30.0 Å². The third-order valence-electron chi connectivity index (χ3n) is 2.30. The van der Waals surface area contributed by atoms with Gasteiger partial charge in [0.2, 0.25) is 0 Å². The van der Waals surface area contributed by atoms with Gasteiger partial charge in [0.1, 0.15) is 12.4 Å². The van der Waals surface area contributed by atoms with Crippen molar-refractivity contribution in [3.63, 3.8) is 0 Å². The second kappa shape index (κ2) is 5.40. The quantitative estimate of drug-likeness (QED) is 0.436. The number of hydrogen-bond acceptors (Lipinski definition) is 3. The molecule has 0 unspecified atom stereocenters. The Hall–Kier alpha value is -0.943. The monoisotopic (exact) mass is 240 g/mol. The number of ether oxygens (including phenoxy) is 1. The molecule has 5 heteroatoms. The van der Waals surface area contributed by atoms with Crippen LogP contribution in [0.25, 0.3) is 0 Å². The highest BCUT2D eigenvalue weighted by molar-refractivity contribution is 6.76. The molecule has 1 aromatic heterocycles. The summed E-state index contributed by atoms with van der Waals surface area (Å²) in [6.07, 6.45) is 3.20. The van der Waals surface area contributed by atoms with Crippen LogP contribution in [0.15, 0.2) is 12.5 Å². The van der Waals surface area contributed by atoms with Gasteiger partial charge in [0.25, 0.3) is 0 Å². The maximum absolute atomic E-state index is 11.2. The molecule has 0 spiro atoms. The predicted octanol–water partition coefficient (Wildman–Crippen LogP) is 2.40. The molecule has 0 aliphatic carbocycles. The van der Waals surface area contributed by atoms with Crippen LogP contribution in [0.2, 0.25) is 25.7 Å². The molecule has 1 aromatic rings. The Morgan fingerprint density at radius 1 is 1.50 bits per heavy atom. The maximum Gasteiger partial charge on any atom is 0.177 e. The van der Waals surface area contributed by atoms with E-state index in [1.165, 1.54) is 6.92 Å². The number of rotatable bonds is 6. The Morgan fingerprint density at radius 3 is 2.75 bits per heavy atom. The van der Waals surface area contributed by atoms with Crippen LogP contribution >= 0.6 is 0 Å². The minimum absolute atomic E-state index is 0.0197. The van der Waals surface area contributed by atoms with Crippen molar-refractivity contribution in [2.45, 2.75) is 39.3 Å². The van der Waals surface area contributed by atoms with Gasteiger partial charge in [0.15, 0.2) is 5.78 Å². The molecule has 90 valence electrons. The summed E-state index contributed by atoms with van der Waals surface area (Å²) in [5.74, 6) is 0.0197. The average Bonchev–Trinajstić information content (AvgIpc) is 2.58. The molecule has 0 radical (unpaired) electrons. The number of Topliss-reactive ketones (excluding diaryl/α,β-unsaturated/α-hetero) is 1. The molecule has 0 bridgehead atoms. The molecule has 0 fully saturated rings. The fourth-order valence-electron chi connectivity index (χ4n) is 1.26. The largest absolute Gasteiger partial charge is 0.361 e. The van der Waals surface area contributed by atoms with Gasteiger partial charge in [0.05, 0.1) is 12.5 Å². The fourth-order valence-corrected chi connectivity index (χ4v) is 2.01. The number of aromatic nitrogens is 2. The molecule has 0 aliphatic heterocycles. The molecule has 4 nitrogen and oxygen atoms in total. The van der Waals surface area contributed by atoms with E-state index in [2.05, 4.69) is 24.6 Å². The average molecular weight is 240 g/mol. The highest BCUT2D eigenvalue weighted by atomic mass is 28.3. The summed E-state index contributed by atoms with van der Waals surface area (Å²) in [5.41, 5.74) is 0.605. The topological polar surface area (TPSA) is 44.1 Å². The lowest BCUT2D eigenvalue weighted by atomic mass is 10.3. The van der Waals surface area contributed by atoms with E-state index in [0.29, 0.717) is 12.4 Å². The lowest BCUT2D eigenvalue weighted by molar-refractivity contribution is 0.0811. The van der Waals surface area contributed by atoms with E-state index in [1.807, 2.05) is 0 Å². The van der Waals surface area contributed by atoms with Crippen molar-refractivity contribution < 1.29 is 9.53 Å². The minimum atomic E-state index is -1.03. The van der Waals surface area contributed by atoms with Gasteiger partial charge >= 0.3 is 0 Å². The van der Waals surface area contributed by atoms with Crippen molar-refractivity contribution in [3.05, 3.63) is 18.2 Å². The number of imidazole rings is 1. The van der Waals surface area contributed by atoms with Crippen LogP contribution in [0.5, 0.6) is 0 Å². The van der Waals surface area contributed by atoms with Gasteiger partial charge in [-0.3, -0.25) is 4.79 Å². The van der Waals surface area contributed by atoms with E-state index < -0.39 is 8.07 Å². The van der Waals surface area contributed by atoms with Crippen molar-refractivity contribution in [2.75, 3.05) is 6.61 Å². The molecule has 0 saturated carbocycles. The van der Waals surface area contributed by atoms with Crippen molar-refractivity contribution in [3.8, 4) is 0 Å². The zero-order valence-corrected chi connectivity index (χ0v) is 11.5. The summed E-state index contributed by atoms with van der Waals surface area (Å²) in [5, 5.41) is 0. The third kappa shape index (κ3) is 4.28. The molecule has 1 heterocycles. The first-order valence-corrected chi connectivity index (χ1v) is 9.20. The highest BCUT2D eigenvalue weighted by Crippen LogP contribution is 2.08. The Balaban J connectivity index is 2.38. The summed E-state index contributed by atoms with van der Waals surface area (Å²) in [7, 11) is -1.03. The number of ketones is 1. The van der Waals surface area contributed by atoms with Gasteiger partial charge in [-0.25, -0.2) is 4.98 Å². The van der Waals surface area contributed by atoms with Gasteiger partial charge in [-0.15, -0.1) is 0 Å². The van der Waals surface area contributed by atoms with Crippen molar-refractivity contribution in [1.82, 2.24) is 9.55 Å². The van der Waals surface area contributed by atoms with Gasteiger partial charge in [-0.2, -0.15) is 0 Å². The molecular formula is C11H20N2O2Si. The van der Waals surface area contributed by atoms with Crippen LogP contribution in [-0.2, 0) is 11.5 Å². The van der Waals surface area contributed by atoms with Crippen LogP contribution in [0.1, 0.15) is 17.4 Å². The Morgan fingerprint density at radius 2 is 2.19 bits per heavy atom. The van der Waals surface area contributed by atoms with Crippen molar-refractivity contribution >= 4 is 13.9 Å². The molecule has 1 rings (SSSR count). The first kappa shape index (κ1) is 13.1. The zero-order valence-electron chi connectivity index (χ0n) is 10.5. The van der Waals surface area contributed by atoms with E-state index >= 15 is 0 Å². The molecule has 0 aliphatic rings. The first-order chi connectivity index (χ1) is 7.40. The van der Waals surface area contributed by atoms with Gasteiger partial charge < -0.3 is 9.30 Å². The molecule has 0 N–H and O–H groups in total. The standard InChI is InChI=1S/C11H20N2O2Si/c1-10(14)11-7-12-8-13(11)9-15-5-6-16(2,3)4/h7-8H,5-6,9H2,1-4H3. The van der Waals surface area contributed by atoms with Gasteiger partial charge in [0, 0.05) is 21.6 Å². The maximum atomic E-state index is 11.2. The van der Waals surface area contributed by atoms with Gasteiger partial charge in [-0.05, 0) is 6.04 Å². The van der Waals surface area contributed by atoms with E-state index in [4.69, 9.17) is 4.74 Å². The number of carbonyl (C=O) groups excluding carboxylic acids is 1. The third-order valence-corrected chi connectivity index (χ3v) is 4.00. The van der Waals surface area contributed by atoms with Crippen LogP contribution < -0.4 is 0 Å². The van der Waals surface area contributed by atoms with E-state index in [0.717, 1.165) is 12.7 Å². The van der Waals surface area contributed by atoms with Crippen molar-refractivity contribution in [1.29, 1.82) is 0 Å². The first-order valence-electron chi connectivity index (χ1n) is 5.49. The zero-order chi connectivity index (χ0) is 12.2. The van der Waals surface area contributed by atoms with Crippen LogP contribution in [0, 0.1) is 0 Å². The van der Waals surface area contributed by atoms with Crippen LogP contribution in [0.4, 0.5) is 0 Å². The summed E-state index contributed by atoms with van der Waals surface area (Å²) in [6.45, 7) is 9.65. The van der Waals surface area contributed by atoms with E-state index in [9.17, 15) is 4.79 Å². The smallest absolute Gasteiger partial charge is 0.177 e. The predicted molar refractivity (Wildman–Crippen MR) is 66.3 cm³/mol. The normalized spacial score (nSPS) is 11.8. The molecule has 0 saturated heterocycles. The summed E-state index contributed by atoms with van der Waals surface area (Å²) < 4.78 is 7.29. The molecule has 0 amide bonds. The second-order valence-electron chi connectivity index (χ2n) is 5.15. The van der Waals surface area contributed by atoms with E-state index in [-0.39, 0.29) is 5.78 Å². The molecule has 16 heavy (non-hydrogen) atoms. The Labute approximate surface area is 97.6 Å². The lowest BCUT2D eigenvalue weighted by Crippen LogP contribution is -2.22. The summed E-state index contributed by atoms with van der Waals surface area (Å²) >= 11 is 0. The summed E-state index contributed by atoms with van der Waals surface area (Å²) in [4.78, 5) is 15.2. The summed E-state index contributed by atoms with van der Waals surface area (Å²) in [6, 6.07) is 1.14. The fraction of sp³-hybridized carbons (Fsp3) is 0.636. The molecule has 0 aromatic carbocycles. The Bertz CT molecular complexity index is 355. The van der Waals surface area contributed by atoms with E-state index in [1.54, 1.807) is 17.1 Å². The Kier molecular flexibility index (Phi) is 4.43.